The van der Waals surface area contributed by atoms with Gasteiger partial charge in [0.05, 0.1) is 6.04 Å². The molecular weight excluding hydrogens is 212 g/mol. The lowest BCUT2D eigenvalue weighted by molar-refractivity contribution is -0.139. The van der Waals surface area contributed by atoms with E-state index in [2.05, 4.69) is 10.3 Å². The van der Waals surface area contributed by atoms with E-state index in [-0.39, 0.29) is 6.04 Å². The van der Waals surface area contributed by atoms with Gasteiger partial charge in [-0.3, -0.25) is 10.1 Å². The van der Waals surface area contributed by atoms with Crippen LogP contribution in [0.1, 0.15) is 37.0 Å². The molecule has 1 rings (SSSR count). The summed E-state index contributed by atoms with van der Waals surface area (Å²) in [5, 5.41) is 14.8. The highest BCUT2D eigenvalue weighted by atomic mass is 32.1. The Labute approximate surface area is 93.4 Å². The molecule has 0 radical (unpaired) electrons. The molecule has 2 unspecified atom stereocenters. The molecule has 1 heterocycles. The van der Waals surface area contributed by atoms with E-state index in [1.165, 1.54) is 0 Å². The highest BCUT2D eigenvalue weighted by molar-refractivity contribution is 7.09. The summed E-state index contributed by atoms with van der Waals surface area (Å²) >= 11 is 1.56. The monoisotopic (exact) mass is 228 g/mol. The number of hydrogen-bond donors (Lipinski definition) is 2. The molecule has 0 spiro atoms. The van der Waals surface area contributed by atoms with Crippen LogP contribution in [0.25, 0.3) is 0 Å². The summed E-state index contributed by atoms with van der Waals surface area (Å²) < 4.78 is 0. The fourth-order valence-corrected chi connectivity index (χ4v) is 2.12. The molecular formula is C10H16N2O2S. The highest BCUT2D eigenvalue weighted by Gasteiger charge is 2.19. The van der Waals surface area contributed by atoms with Crippen LogP contribution in [-0.4, -0.2) is 22.1 Å². The topological polar surface area (TPSA) is 62.2 Å². The summed E-state index contributed by atoms with van der Waals surface area (Å²) in [6, 6.07) is -0.506. The SMILES string of the molecule is CCC(NC(C)c1nc(C)cs1)C(=O)O. The van der Waals surface area contributed by atoms with Gasteiger partial charge < -0.3 is 5.11 Å². The lowest BCUT2D eigenvalue weighted by Crippen LogP contribution is -2.37. The second-order valence-corrected chi connectivity index (χ2v) is 4.40. The van der Waals surface area contributed by atoms with E-state index in [1.54, 1.807) is 11.3 Å². The standard InChI is InChI=1S/C10H16N2O2S/c1-4-8(10(13)14)12-7(3)9-11-6(2)5-15-9/h5,7-8,12H,4H2,1-3H3,(H,13,14). The van der Waals surface area contributed by atoms with Crippen molar-refractivity contribution in [3.8, 4) is 0 Å². The Bertz CT molecular complexity index is 338. The van der Waals surface area contributed by atoms with Crippen LogP contribution < -0.4 is 5.32 Å². The number of carbonyl (C=O) groups is 1. The quantitative estimate of drug-likeness (QED) is 0.808. The first-order valence-corrected chi connectivity index (χ1v) is 5.83. The Morgan fingerprint density at radius 2 is 2.40 bits per heavy atom. The first-order chi connectivity index (χ1) is 7.04. The smallest absolute Gasteiger partial charge is 0.320 e. The number of carboxylic acids is 1. The Kier molecular flexibility index (Phi) is 4.23. The minimum atomic E-state index is -0.808. The van der Waals surface area contributed by atoms with Gasteiger partial charge >= 0.3 is 5.97 Å². The number of aromatic nitrogens is 1. The van der Waals surface area contributed by atoms with Crippen LogP contribution in [0.3, 0.4) is 0 Å². The normalized spacial score (nSPS) is 14.9. The van der Waals surface area contributed by atoms with E-state index in [1.807, 2.05) is 26.2 Å². The average molecular weight is 228 g/mol. The molecule has 0 aliphatic rings. The molecule has 0 saturated carbocycles. The molecule has 0 aliphatic carbocycles. The van der Waals surface area contributed by atoms with Gasteiger partial charge in [-0.15, -0.1) is 11.3 Å². The maximum atomic E-state index is 10.8. The Morgan fingerprint density at radius 1 is 1.73 bits per heavy atom. The number of aryl methyl sites for hydroxylation is 1. The molecule has 2 N–H and O–H groups in total. The molecule has 4 nitrogen and oxygen atoms in total. The number of thiazole rings is 1. The lowest BCUT2D eigenvalue weighted by Gasteiger charge is -2.16. The Morgan fingerprint density at radius 3 is 2.80 bits per heavy atom. The third-order valence-corrected chi connectivity index (χ3v) is 3.31. The van der Waals surface area contributed by atoms with Crippen LogP contribution in [0, 0.1) is 6.92 Å². The highest BCUT2D eigenvalue weighted by Crippen LogP contribution is 2.18. The minimum absolute atomic E-state index is 0.00949. The fraction of sp³-hybridized carbons (Fsp3) is 0.600. The van der Waals surface area contributed by atoms with Crippen molar-refractivity contribution in [2.75, 3.05) is 0 Å². The number of rotatable bonds is 5. The van der Waals surface area contributed by atoms with E-state index in [0.29, 0.717) is 6.42 Å². The number of nitrogens with one attached hydrogen (secondary N) is 1. The van der Waals surface area contributed by atoms with E-state index >= 15 is 0 Å². The van der Waals surface area contributed by atoms with Crippen molar-refractivity contribution in [3.63, 3.8) is 0 Å². The molecule has 2 atom stereocenters. The van der Waals surface area contributed by atoms with Gasteiger partial charge in [-0.1, -0.05) is 6.92 Å². The number of carboxylic acid groups (broad SMARTS) is 1. The second kappa shape index (κ2) is 5.23. The molecule has 0 aliphatic heterocycles. The molecule has 84 valence electrons. The summed E-state index contributed by atoms with van der Waals surface area (Å²) in [5.74, 6) is -0.808. The zero-order valence-corrected chi connectivity index (χ0v) is 9.97. The predicted molar refractivity (Wildman–Crippen MR) is 60.1 cm³/mol. The molecule has 1 aromatic heterocycles. The third-order valence-electron chi connectivity index (χ3n) is 2.16. The largest absolute Gasteiger partial charge is 0.480 e. The first-order valence-electron chi connectivity index (χ1n) is 4.95. The van der Waals surface area contributed by atoms with Gasteiger partial charge in [0, 0.05) is 11.1 Å². The van der Waals surface area contributed by atoms with Crippen LogP contribution in [0.4, 0.5) is 0 Å². The molecule has 5 heteroatoms. The molecule has 0 fully saturated rings. The van der Waals surface area contributed by atoms with Crippen molar-refractivity contribution in [1.82, 2.24) is 10.3 Å². The number of nitrogens with zero attached hydrogens (tertiary/aromatic N) is 1. The van der Waals surface area contributed by atoms with E-state index in [9.17, 15) is 4.79 Å². The van der Waals surface area contributed by atoms with Crippen molar-refractivity contribution in [2.45, 2.75) is 39.3 Å². The van der Waals surface area contributed by atoms with Gasteiger partial charge in [0.25, 0.3) is 0 Å². The van der Waals surface area contributed by atoms with Crippen LogP contribution in [-0.2, 0) is 4.79 Å². The molecule has 0 bridgehead atoms. The van der Waals surface area contributed by atoms with Crippen LogP contribution >= 0.6 is 11.3 Å². The summed E-state index contributed by atoms with van der Waals surface area (Å²) in [7, 11) is 0. The van der Waals surface area contributed by atoms with Gasteiger partial charge in [-0.25, -0.2) is 4.98 Å². The van der Waals surface area contributed by atoms with Crippen molar-refractivity contribution >= 4 is 17.3 Å². The van der Waals surface area contributed by atoms with Crippen molar-refractivity contribution in [2.24, 2.45) is 0 Å². The molecule has 1 aromatic rings. The zero-order valence-electron chi connectivity index (χ0n) is 9.15. The van der Waals surface area contributed by atoms with Gasteiger partial charge in [0.2, 0.25) is 0 Å². The van der Waals surface area contributed by atoms with E-state index in [4.69, 9.17) is 5.11 Å². The third kappa shape index (κ3) is 3.28. The van der Waals surface area contributed by atoms with Crippen LogP contribution in [0.5, 0.6) is 0 Å². The molecule has 0 aromatic carbocycles. The van der Waals surface area contributed by atoms with Gasteiger partial charge in [0.15, 0.2) is 0 Å². The summed E-state index contributed by atoms with van der Waals surface area (Å²) in [6.07, 6.45) is 0.573. The average Bonchev–Trinajstić information content (AvgIpc) is 2.60. The zero-order chi connectivity index (χ0) is 11.4. The van der Waals surface area contributed by atoms with Crippen molar-refractivity contribution in [1.29, 1.82) is 0 Å². The number of hydrogen-bond acceptors (Lipinski definition) is 4. The lowest BCUT2D eigenvalue weighted by atomic mass is 10.2. The Balaban J connectivity index is 2.62. The predicted octanol–water partition coefficient (Wildman–Crippen LogP) is 1.97. The summed E-state index contributed by atoms with van der Waals surface area (Å²) in [6.45, 7) is 5.72. The number of aliphatic carboxylic acids is 1. The van der Waals surface area contributed by atoms with Crippen molar-refractivity contribution < 1.29 is 9.90 Å². The maximum Gasteiger partial charge on any atom is 0.320 e. The maximum absolute atomic E-state index is 10.8. The molecule has 15 heavy (non-hydrogen) atoms. The van der Waals surface area contributed by atoms with Gasteiger partial charge in [-0.05, 0) is 20.3 Å². The van der Waals surface area contributed by atoms with Crippen LogP contribution in [0.15, 0.2) is 5.38 Å². The van der Waals surface area contributed by atoms with Gasteiger partial charge in [-0.2, -0.15) is 0 Å². The molecule has 0 saturated heterocycles. The van der Waals surface area contributed by atoms with Crippen LogP contribution in [0.2, 0.25) is 0 Å². The fourth-order valence-electron chi connectivity index (χ4n) is 1.31. The first kappa shape index (κ1) is 12.1. The minimum Gasteiger partial charge on any atom is -0.480 e. The summed E-state index contributed by atoms with van der Waals surface area (Å²) in [4.78, 5) is 15.1. The second-order valence-electron chi connectivity index (χ2n) is 3.51. The Hall–Kier alpha value is -0.940. The summed E-state index contributed by atoms with van der Waals surface area (Å²) in [5.41, 5.74) is 0.979. The van der Waals surface area contributed by atoms with Gasteiger partial charge in [0.1, 0.15) is 11.0 Å². The molecule has 0 amide bonds. The van der Waals surface area contributed by atoms with E-state index in [0.717, 1.165) is 10.7 Å². The van der Waals surface area contributed by atoms with E-state index < -0.39 is 12.0 Å². The van der Waals surface area contributed by atoms with Crippen molar-refractivity contribution in [3.05, 3.63) is 16.1 Å².